The van der Waals surface area contributed by atoms with Crippen LogP contribution in [0.2, 0.25) is 0 Å². The Labute approximate surface area is 122 Å². The van der Waals surface area contributed by atoms with E-state index in [0.717, 1.165) is 5.92 Å². The molecule has 0 saturated heterocycles. The zero-order valence-electron chi connectivity index (χ0n) is 13.6. The highest BCUT2D eigenvalue weighted by molar-refractivity contribution is 5.06. The van der Waals surface area contributed by atoms with Gasteiger partial charge in [0.2, 0.25) is 0 Å². The van der Waals surface area contributed by atoms with E-state index in [1.54, 1.807) is 5.57 Å². The summed E-state index contributed by atoms with van der Waals surface area (Å²) in [6.07, 6.45) is 22.5. The lowest BCUT2D eigenvalue weighted by Crippen LogP contribution is -1.95. The van der Waals surface area contributed by atoms with Gasteiger partial charge in [-0.05, 0) is 38.0 Å². The van der Waals surface area contributed by atoms with Gasteiger partial charge in [0, 0.05) is 0 Å². The third kappa shape index (κ3) is 9.30. The molecule has 0 amide bonds. The normalized spacial score (nSPS) is 16.6. The first-order valence-electron chi connectivity index (χ1n) is 9.00. The van der Waals surface area contributed by atoms with Crippen LogP contribution >= 0.6 is 0 Å². The minimum atomic E-state index is 0.962. The molecule has 0 saturated carbocycles. The Morgan fingerprint density at radius 3 is 2.32 bits per heavy atom. The average molecular weight is 264 g/mol. The van der Waals surface area contributed by atoms with Gasteiger partial charge in [0.1, 0.15) is 0 Å². The predicted octanol–water partition coefficient (Wildman–Crippen LogP) is 7.04. The zero-order valence-corrected chi connectivity index (χ0v) is 13.6. The fourth-order valence-electron chi connectivity index (χ4n) is 3.23. The van der Waals surface area contributed by atoms with Crippen molar-refractivity contribution < 1.29 is 0 Å². The van der Waals surface area contributed by atoms with Crippen molar-refractivity contribution in [2.75, 3.05) is 0 Å². The molecular weight excluding hydrogens is 228 g/mol. The first kappa shape index (κ1) is 16.8. The quantitative estimate of drug-likeness (QED) is 0.262. The molecule has 19 heavy (non-hydrogen) atoms. The van der Waals surface area contributed by atoms with Crippen molar-refractivity contribution >= 4 is 0 Å². The molecule has 0 fully saturated rings. The summed E-state index contributed by atoms with van der Waals surface area (Å²) in [6.45, 7) is 4.75. The second-order valence-electron chi connectivity index (χ2n) is 6.66. The second kappa shape index (κ2) is 11.6. The number of allylic oxidation sites excluding steroid dienone is 2. The Morgan fingerprint density at radius 2 is 1.63 bits per heavy atom. The van der Waals surface area contributed by atoms with Crippen LogP contribution in [0.3, 0.4) is 0 Å². The van der Waals surface area contributed by atoms with Crippen molar-refractivity contribution in [3.05, 3.63) is 11.6 Å². The van der Waals surface area contributed by atoms with Crippen molar-refractivity contribution in [1.82, 2.24) is 0 Å². The lowest BCUT2D eigenvalue weighted by molar-refractivity contribution is 0.437. The summed E-state index contributed by atoms with van der Waals surface area (Å²) in [7, 11) is 0. The zero-order chi connectivity index (χ0) is 13.8. The van der Waals surface area contributed by atoms with Crippen LogP contribution in [0.5, 0.6) is 0 Å². The summed E-state index contributed by atoms with van der Waals surface area (Å²) in [5.74, 6) is 0.962. The Balaban J connectivity index is 1.83. The Kier molecular flexibility index (Phi) is 10.2. The van der Waals surface area contributed by atoms with Gasteiger partial charge in [-0.15, -0.1) is 0 Å². The molecule has 0 nitrogen and oxygen atoms in total. The summed E-state index contributed by atoms with van der Waals surface area (Å²) < 4.78 is 0. The van der Waals surface area contributed by atoms with E-state index in [1.165, 1.54) is 89.9 Å². The molecule has 0 N–H and O–H groups in total. The van der Waals surface area contributed by atoms with E-state index >= 15 is 0 Å². The number of hydrogen-bond acceptors (Lipinski definition) is 0. The van der Waals surface area contributed by atoms with E-state index in [2.05, 4.69) is 19.9 Å². The maximum atomic E-state index is 2.49. The van der Waals surface area contributed by atoms with Gasteiger partial charge in [0.25, 0.3) is 0 Å². The van der Waals surface area contributed by atoms with Crippen molar-refractivity contribution in [1.29, 1.82) is 0 Å². The van der Waals surface area contributed by atoms with Gasteiger partial charge in [-0.2, -0.15) is 0 Å². The van der Waals surface area contributed by atoms with E-state index < -0.39 is 0 Å². The summed E-state index contributed by atoms with van der Waals surface area (Å²) in [6, 6.07) is 0. The second-order valence-corrected chi connectivity index (χ2v) is 6.66. The lowest BCUT2D eigenvalue weighted by Gasteiger charge is -2.11. The molecule has 1 atom stereocenters. The molecule has 0 spiro atoms. The van der Waals surface area contributed by atoms with Gasteiger partial charge in [-0.3, -0.25) is 0 Å². The highest BCUT2D eigenvalue weighted by Crippen LogP contribution is 2.24. The van der Waals surface area contributed by atoms with Crippen molar-refractivity contribution in [2.24, 2.45) is 5.92 Å². The van der Waals surface area contributed by atoms with Crippen molar-refractivity contribution in [2.45, 2.75) is 104 Å². The lowest BCUT2D eigenvalue weighted by atomic mass is 9.95. The SMILES string of the molecule is CCCCCCCCC(C)CCCCC1=CCCC1. The molecule has 0 aromatic carbocycles. The maximum Gasteiger partial charge on any atom is -0.0317 e. The van der Waals surface area contributed by atoms with Gasteiger partial charge in [0.05, 0.1) is 0 Å². The van der Waals surface area contributed by atoms with E-state index in [9.17, 15) is 0 Å². The van der Waals surface area contributed by atoms with Crippen LogP contribution in [-0.4, -0.2) is 0 Å². The van der Waals surface area contributed by atoms with Gasteiger partial charge in [-0.1, -0.05) is 83.3 Å². The number of rotatable bonds is 12. The summed E-state index contributed by atoms with van der Waals surface area (Å²) in [5.41, 5.74) is 1.75. The molecule has 1 rings (SSSR count). The largest absolute Gasteiger partial charge is 0.0853 e. The van der Waals surface area contributed by atoms with Crippen LogP contribution in [-0.2, 0) is 0 Å². The van der Waals surface area contributed by atoms with Crippen molar-refractivity contribution in [3.63, 3.8) is 0 Å². The van der Waals surface area contributed by atoms with Crippen LogP contribution in [0.25, 0.3) is 0 Å². The Hall–Kier alpha value is -0.260. The number of unbranched alkanes of at least 4 members (excludes halogenated alkanes) is 6. The Morgan fingerprint density at radius 1 is 0.947 bits per heavy atom. The van der Waals surface area contributed by atoms with Gasteiger partial charge >= 0.3 is 0 Å². The molecule has 0 aromatic heterocycles. The van der Waals surface area contributed by atoms with Crippen LogP contribution in [0.4, 0.5) is 0 Å². The molecule has 1 unspecified atom stereocenters. The molecule has 0 radical (unpaired) electrons. The molecule has 1 aliphatic carbocycles. The molecule has 112 valence electrons. The average Bonchev–Trinajstić information content (AvgIpc) is 2.92. The van der Waals surface area contributed by atoms with Gasteiger partial charge < -0.3 is 0 Å². The van der Waals surface area contributed by atoms with Crippen LogP contribution in [0.15, 0.2) is 11.6 Å². The fraction of sp³-hybridized carbons (Fsp3) is 0.895. The minimum Gasteiger partial charge on any atom is -0.0853 e. The molecule has 0 heteroatoms. The first-order chi connectivity index (χ1) is 9.33. The monoisotopic (exact) mass is 264 g/mol. The van der Waals surface area contributed by atoms with Crippen LogP contribution in [0.1, 0.15) is 104 Å². The molecule has 0 aromatic rings. The molecule has 1 aliphatic rings. The highest BCUT2D eigenvalue weighted by atomic mass is 14.1. The van der Waals surface area contributed by atoms with E-state index in [0.29, 0.717) is 0 Å². The standard InChI is InChI=1S/C19H36/c1-3-4-5-6-7-8-13-18(2)14-9-10-15-19-16-11-12-17-19/h16,18H,3-15,17H2,1-2H3. The van der Waals surface area contributed by atoms with E-state index in [4.69, 9.17) is 0 Å². The third-order valence-electron chi connectivity index (χ3n) is 4.63. The predicted molar refractivity (Wildman–Crippen MR) is 87.6 cm³/mol. The van der Waals surface area contributed by atoms with Crippen molar-refractivity contribution in [3.8, 4) is 0 Å². The third-order valence-corrected chi connectivity index (χ3v) is 4.63. The first-order valence-corrected chi connectivity index (χ1v) is 9.00. The smallest absolute Gasteiger partial charge is 0.0317 e. The highest BCUT2D eigenvalue weighted by Gasteiger charge is 2.05. The molecule has 0 bridgehead atoms. The minimum absolute atomic E-state index is 0.962. The fourth-order valence-corrected chi connectivity index (χ4v) is 3.23. The number of hydrogen-bond donors (Lipinski definition) is 0. The van der Waals surface area contributed by atoms with Crippen LogP contribution < -0.4 is 0 Å². The summed E-state index contributed by atoms with van der Waals surface area (Å²) in [5, 5.41) is 0. The maximum absolute atomic E-state index is 2.49. The van der Waals surface area contributed by atoms with Gasteiger partial charge in [-0.25, -0.2) is 0 Å². The van der Waals surface area contributed by atoms with Gasteiger partial charge in [0.15, 0.2) is 0 Å². The molecule has 0 heterocycles. The molecular formula is C19H36. The summed E-state index contributed by atoms with van der Waals surface area (Å²) >= 11 is 0. The summed E-state index contributed by atoms with van der Waals surface area (Å²) in [4.78, 5) is 0. The van der Waals surface area contributed by atoms with Crippen LogP contribution in [0, 0.1) is 5.92 Å². The Bertz CT molecular complexity index is 226. The molecule has 0 aliphatic heterocycles. The topological polar surface area (TPSA) is 0 Å². The van der Waals surface area contributed by atoms with E-state index in [1.807, 2.05) is 0 Å². The van der Waals surface area contributed by atoms with E-state index in [-0.39, 0.29) is 0 Å².